The van der Waals surface area contributed by atoms with Gasteiger partial charge in [-0.05, 0) is 32.4 Å². The van der Waals surface area contributed by atoms with Crippen LogP contribution in [0.25, 0.3) is 0 Å². The van der Waals surface area contributed by atoms with Crippen LogP contribution in [0.4, 0.5) is 0 Å². The molecule has 0 aromatic heterocycles. The Morgan fingerprint density at radius 3 is 2.64 bits per heavy atom. The molecule has 2 rings (SSSR count). The quantitative estimate of drug-likeness (QED) is 0.513. The van der Waals surface area contributed by atoms with Crippen molar-refractivity contribution >= 4 is 0 Å². The number of hydrogen-bond donors (Lipinski definition) is 2. The van der Waals surface area contributed by atoms with Crippen LogP contribution in [0.2, 0.25) is 0 Å². The van der Waals surface area contributed by atoms with Gasteiger partial charge in [-0.15, -0.1) is 0 Å². The number of nitrogens with two attached hydrogens (primary N) is 1. The van der Waals surface area contributed by atoms with Crippen molar-refractivity contribution in [2.24, 2.45) is 5.73 Å². The summed E-state index contributed by atoms with van der Waals surface area (Å²) in [6.07, 6.45) is 3.34. The molecule has 0 saturated carbocycles. The summed E-state index contributed by atoms with van der Waals surface area (Å²) in [5.74, 6) is 0. The molecule has 0 amide bonds. The molecule has 64 valence electrons. The molecule has 2 saturated heterocycles. The highest BCUT2D eigenvalue weighted by atomic mass is 16.5. The third-order valence-corrected chi connectivity index (χ3v) is 2.75. The van der Waals surface area contributed by atoms with Crippen LogP contribution in [0.15, 0.2) is 0 Å². The summed E-state index contributed by atoms with van der Waals surface area (Å²) in [5.41, 5.74) is 5.95. The molecular weight excluding hydrogens is 140 g/mol. The molecule has 2 fully saturated rings. The molecule has 2 aliphatic rings. The van der Waals surface area contributed by atoms with E-state index in [4.69, 9.17) is 10.5 Å². The Bertz CT molecular complexity index is 138. The van der Waals surface area contributed by atoms with Crippen LogP contribution in [0.3, 0.4) is 0 Å². The molecular formula is C8H16N2O. The van der Waals surface area contributed by atoms with Gasteiger partial charge in [0.25, 0.3) is 0 Å². The van der Waals surface area contributed by atoms with Crippen LogP contribution in [-0.4, -0.2) is 31.3 Å². The van der Waals surface area contributed by atoms with Gasteiger partial charge in [0, 0.05) is 6.04 Å². The molecule has 1 spiro atoms. The van der Waals surface area contributed by atoms with E-state index in [0.29, 0.717) is 0 Å². The summed E-state index contributed by atoms with van der Waals surface area (Å²) < 4.78 is 5.73. The first-order valence-corrected chi connectivity index (χ1v) is 4.41. The van der Waals surface area contributed by atoms with Crippen molar-refractivity contribution in [3.63, 3.8) is 0 Å². The highest BCUT2D eigenvalue weighted by Gasteiger charge is 2.39. The average Bonchev–Trinajstić information content (AvgIpc) is 2.34. The average molecular weight is 156 g/mol. The van der Waals surface area contributed by atoms with Crippen LogP contribution in [-0.2, 0) is 4.74 Å². The minimum atomic E-state index is 0.157. The molecule has 0 aliphatic carbocycles. The van der Waals surface area contributed by atoms with E-state index in [-0.39, 0.29) is 11.6 Å². The summed E-state index contributed by atoms with van der Waals surface area (Å²) in [6, 6.07) is 0.285. The van der Waals surface area contributed by atoms with Gasteiger partial charge in [-0.25, -0.2) is 0 Å². The summed E-state index contributed by atoms with van der Waals surface area (Å²) in [5, 5.41) is 3.33. The maximum absolute atomic E-state index is 5.79. The summed E-state index contributed by atoms with van der Waals surface area (Å²) >= 11 is 0. The van der Waals surface area contributed by atoms with Gasteiger partial charge in [0.1, 0.15) is 0 Å². The lowest BCUT2D eigenvalue weighted by atomic mass is 9.88. The van der Waals surface area contributed by atoms with Gasteiger partial charge in [0.05, 0.1) is 12.2 Å². The van der Waals surface area contributed by atoms with E-state index >= 15 is 0 Å². The Kier molecular flexibility index (Phi) is 1.87. The van der Waals surface area contributed by atoms with Crippen molar-refractivity contribution in [3.05, 3.63) is 0 Å². The van der Waals surface area contributed by atoms with Gasteiger partial charge in [-0.1, -0.05) is 0 Å². The normalized spacial score (nSPS) is 36.3. The number of rotatable bonds is 0. The molecule has 2 aliphatic heterocycles. The smallest absolute Gasteiger partial charge is 0.0723 e. The lowest BCUT2D eigenvalue weighted by Gasteiger charge is -2.32. The minimum Gasteiger partial charge on any atom is -0.373 e. The first kappa shape index (κ1) is 7.53. The highest BCUT2D eigenvalue weighted by molar-refractivity contribution is 4.93. The zero-order valence-electron chi connectivity index (χ0n) is 6.81. The fourth-order valence-electron chi connectivity index (χ4n) is 2.11. The van der Waals surface area contributed by atoms with Gasteiger partial charge in [-0.2, -0.15) is 0 Å². The van der Waals surface area contributed by atoms with Crippen LogP contribution in [0.5, 0.6) is 0 Å². The second-order valence-electron chi connectivity index (χ2n) is 3.71. The third kappa shape index (κ3) is 1.41. The van der Waals surface area contributed by atoms with Crippen molar-refractivity contribution in [1.82, 2.24) is 5.32 Å². The Balaban J connectivity index is 1.98. The van der Waals surface area contributed by atoms with E-state index in [2.05, 4.69) is 5.32 Å². The molecule has 3 N–H and O–H groups in total. The minimum absolute atomic E-state index is 0.157. The predicted molar refractivity (Wildman–Crippen MR) is 43.4 cm³/mol. The summed E-state index contributed by atoms with van der Waals surface area (Å²) in [6.45, 7) is 2.94. The summed E-state index contributed by atoms with van der Waals surface area (Å²) in [4.78, 5) is 0. The van der Waals surface area contributed by atoms with Gasteiger partial charge < -0.3 is 15.8 Å². The van der Waals surface area contributed by atoms with E-state index in [1.807, 2.05) is 0 Å². The number of ether oxygens (including phenoxy) is 1. The molecule has 0 unspecified atom stereocenters. The predicted octanol–water partition coefficient (Wildman–Crippen LogP) is -0.144. The molecule has 2 heterocycles. The highest BCUT2D eigenvalue weighted by Crippen LogP contribution is 2.32. The second kappa shape index (κ2) is 2.73. The third-order valence-electron chi connectivity index (χ3n) is 2.75. The van der Waals surface area contributed by atoms with Crippen LogP contribution < -0.4 is 11.1 Å². The Morgan fingerprint density at radius 2 is 2.09 bits per heavy atom. The Hall–Kier alpha value is -0.120. The monoisotopic (exact) mass is 156 g/mol. The van der Waals surface area contributed by atoms with Gasteiger partial charge in [-0.3, -0.25) is 0 Å². The molecule has 3 nitrogen and oxygen atoms in total. The second-order valence-corrected chi connectivity index (χ2v) is 3.71. The van der Waals surface area contributed by atoms with Crippen LogP contribution in [0.1, 0.15) is 19.3 Å². The number of piperidine rings is 1. The molecule has 3 heteroatoms. The Labute approximate surface area is 67.3 Å². The van der Waals surface area contributed by atoms with Gasteiger partial charge in [0.15, 0.2) is 0 Å². The first-order chi connectivity index (χ1) is 5.31. The molecule has 0 aromatic carbocycles. The van der Waals surface area contributed by atoms with Crippen molar-refractivity contribution in [2.75, 3.05) is 19.7 Å². The first-order valence-electron chi connectivity index (χ1n) is 4.41. The lowest BCUT2D eigenvalue weighted by Crippen LogP contribution is -2.41. The number of hydrogen-bond acceptors (Lipinski definition) is 3. The molecule has 11 heavy (non-hydrogen) atoms. The van der Waals surface area contributed by atoms with Gasteiger partial charge >= 0.3 is 0 Å². The van der Waals surface area contributed by atoms with Crippen molar-refractivity contribution in [2.45, 2.75) is 30.9 Å². The maximum atomic E-state index is 5.79. The largest absolute Gasteiger partial charge is 0.373 e. The van der Waals surface area contributed by atoms with E-state index in [0.717, 1.165) is 39.0 Å². The summed E-state index contributed by atoms with van der Waals surface area (Å²) in [7, 11) is 0. The van der Waals surface area contributed by atoms with E-state index in [1.54, 1.807) is 0 Å². The van der Waals surface area contributed by atoms with Crippen LogP contribution in [0, 0.1) is 0 Å². The van der Waals surface area contributed by atoms with Crippen molar-refractivity contribution in [3.8, 4) is 0 Å². The molecule has 1 atom stereocenters. The van der Waals surface area contributed by atoms with Crippen LogP contribution >= 0.6 is 0 Å². The fraction of sp³-hybridized carbons (Fsp3) is 1.00. The van der Waals surface area contributed by atoms with E-state index < -0.39 is 0 Å². The SMILES string of the molecule is N[C@H]1COC2(CCNCC2)C1. The molecule has 0 bridgehead atoms. The van der Waals surface area contributed by atoms with Gasteiger partial charge in [0.2, 0.25) is 0 Å². The maximum Gasteiger partial charge on any atom is 0.0723 e. The number of nitrogens with one attached hydrogen (secondary N) is 1. The van der Waals surface area contributed by atoms with Crippen molar-refractivity contribution < 1.29 is 4.74 Å². The molecule has 0 radical (unpaired) electrons. The lowest BCUT2D eigenvalue weighted by molar-refractivity contribution is -0.0192. The Morgan fingerprint density at radius 1 is 1.36 bits per heavy atom. The molecule has 0 aromatic rings. The topological polar surface area (TPSA) is 47.3 Å². The standard InChI is InChI=1S/C8H16N2O/c9-7-5-8(11-6-7)1-3-10-4-2-8/h7,10H,1-6,9H2/t7-/m1/s1. The van der Waals surface area contributed by atoms with E-state index in [1.165, 1.54) is 0 Å². The van der Waals surface area contributed by atoms with Crippen molar-refractivity contribution in [1.29, 1.82) is 0 Å². The fourth-order valence-corrected chi connectivity index (χ4v) is 2.11. The zero-order valence-corrected chi connectivity index (χ0v) is 6.81. The van der Waals surface area contributed by atoms with E-state index in [9.17, 15) is 0 Å². The zero-order chi connectivity index (χ0) is 7.73.